The number of aromatic nitrogens is 3. The van der Waals surface area contributed by atoms with Crippen molar-refractivity contribution in [2.24, 2.45) is 0 Å². The molecule has 2 amide bonds. The molecule has 0 aromatic carbocycles. The number of hydrogen-bond acceptors (Lipinski definition) is 6. The molecule has 0 bridgehead atoms. The number of aryl methyl sites for hydroxylation is 1. The molecule has 2 atom stereocenters. The van der Waals surface area contributed by atoms with Crippen molar-refractivity contribution < 1.29 is 14.1 Å². The number of amides is 2. The first kappa shape index (κ1) is 18.9. The lowest BCUT2D eigenvalue weighted by molar-refractivity contribution is 0.0835. The van der Waals surface area contributed by atoms with Gasteiger partial charge in [-0.2, -0.15) is 4.98 Å². The number of fused-ring (bicyclic) bond motifs is 1. The van der Waals surface area contributed by atoms with Gasteiger partial charge in [-0.25, -0.2) is 4.79 Å². The molecule has 2 aromatic rings. The molecule has 28 heavy (non-hydrogen) atoms. The molecular weight excluding hydrogens is 358 g/mol. The molecule has 2 aliphatic heterocycles. The summed E-state index contributed by atoms with van der Waals surface area (Å²) in [6, 6.07) is 0.138. The first-order chi connectivity index (χ1) is 13.6. The third-order valence-electron chi connectivity index (χ3n) is 5.60. The summed E-state index contributed by atoms with van der Waals surface area (Å²) in [6.45, 7) is 7.96. The largest absolute Gasteiger partial charge is 0.368 e. The van der Waals surface area contributed by atoms with Gasteiger partial charge >= 0.3 is 6.03 Å². The van der Waals surface area contributed by atoms with E-state index in [0.29, 0.717) is 24.8 Å². The number of pyridine rings is 1. The summed E-state index contributed by atoms with van der Waals surface area (Å²) in [7, 11) is 0. The topological polar surface area (TPSA) is 93.4 Å². The average molecular weight is 385 g/mol. The second kappa shape index (κ2) is 7.87. The van der Waals surface area contributed by atoms with Crippen molar-refractivity contribution in [2.75, 3.05) is 13.2 Å². The summed E-state index contributed by atoms with van der Waals surface area (Å²) in [5.74, 6) is 1.10. The molecule has 1 N–H and O–H groups in total. The van der Waals surface area contributed by atoms with Crippen LogP contribution >= 0.6 is 0 Å². The Labute approximate surface area is 164 Å². The molecule has 8 heteroatoms. The minimum absolute atomic E-state index is 0.0256. The van der Waals surface area contributed by atoms with E-state index in [0.717, 1.165) is 54.7 Å². The molecule has 1 saturated heterocycles. The second-order valence-corrected chi connectivity index (χ2v) is 7.61. The van der Waals surface area contributed by atoms with Gasteiger partial charge in [0.15, 0.2) is 0 Å². The molecule has 8 nitrogen and oxygen atoms in total. The highest BCUT2D eigenvalue weighted by Crippen LogP contribution is 2.33. The van der Waals surface area contributed by atoms with Crippen molar-refractivity contribution in [1.29, 1.82) is 0 Å². The summed E-state index contributed by atoms with van der Waals surface area (Å²) >= 11 is 0. The van der Waals surface area contributed by atoms with E-state index in [1.54, 1.807) is 0 Å². The number of ether oxygens (including phenoxy) is 1. The highest BCUT2D eigenvalue weighted by Gasteiger charge is 2.29. The van der Waals surface area contributed by atoms with Gasteiger partial charge in [0.05, 0.1) is 0 Å². The third-order valence-corrected chi connectivity index (χ3v) is 5.60. The van der Waals surface area contributed by atoms with Crippen molar-refractivity contribution in [3.05, 3.63) is 28.9 Å². The maximum Gasteiger partial charge on any atom is 0.317 e. The fraction of sp³-hybridized carbons (Fsp3) is 0.600. The first-order valence-corrected chi connectivity index (χ1v) is 10.0. The molecule has 2 aromatic heterocycles. The van der Waals surface area contributed by atoms with E-state index in [1.165, 1.54) is 0 Å². The molecule has 4 rings (SSSR count). The molecule has 0 aliphatic carbocycles. The lowest BCUT2D eigenvalue weighted by atomic mass is 9.94. The standard InChI is InChI=1S/C20H27N5O3/c1-4-12(2)22-20(26)25-8-7-15-14(11-25)10-21-13(3)17(15)18-23-19(28-24-18)16-6-5-9-27-16/h10,12,16H,4-9,11H2,1-3H3,(H,22,26)/t12-,16+/m1/s1. The van der Waals surface area contributed by atoms with Crippen molar-refractivity contribution in [1.82, 2.24) is 25.3 Å². The number of urea groups is 1. The average Bonchev–Trinajstić information content (AvgIpc) is 3.39. The molecule has 150 valence electrons. The molecule has 0 unspecified atom stereocenters. The minimum Gasteiger partial charge on any atom is -0.368 e. The van der Waals surface area contributed by atoms with Crippen molar-refractivity contribution in [3.63, 3.8) is 0 Å². The van der Waals surface area contributed by atoms with Crippen LogP contribution in [0.5, 0.6) is 0 Å². The van der Waals surface area contributed by atoms with Crippen molar-refractivity contribution in [3.8, 4) is 11.4 Å². The maximum atomic E-state index is 12.5. The van der Waals surface area contributed by atoms with E-state index >= 15 is 0 Å². The van der Waals surface area contributed by atoms with E-state index in [2.05, 4.69) is 27.4 Å². The molecule has 1 fully saturated rings. The fourth-order valence-corrected chi connectivity index (χ4v) is 3.76. The molecular formula is C20H27N5O3. The van der Waals surface area contributed by atoms with Crippen LogP contribution in [0.1, 0.15) is 61.9 Å². The number of hydrogen-bond donors (Lipinski definition) is 1. The SMILES string of the molecule is CC[C@@H](C)NC(=O)N1CCc2c(cnc(C)c2-c2noc([C@@H]3CCCO3)n2)C1. The molecule has 4 heterocycles. The van der Waals surface area contributed by atoms with Gasteiger partial charge in [-0.15, -0.1) is 0 Å². The summed E-state index contributed by atoms with van der Waals surface area (Å²) in [4.78, 5) is 23.5. The smallest absolute Gasteiger partial charge is 0.317 e. The number of nitrogens with one attached hydrogen (secondary N) is 1. The Bertz CT molecular complexity index is 860. The predicted octanol–water partition coefficient (Wildman–Crippen LogP) is 3.16. The van der Waals surface area contributed by atoms with Gasteiger partial charge in [-0.1, -0.05) is 12.1 Å². The zero-order valence-corrected chi connectivity index (χ0v) is 16.7. The van der Waals surface area contributed by atoms with Gasteiger partial charge in [-0.3, -0.25) is 4.98 Å². The van der Waals surface area contributed by atoms with Crippen LogP contribution < -0.4 is 5.32 Å². The normalized spacial score (nSPS) is 20.1. The minimum atomic E-state index is -0.103. The van der Waals surface area contributed by atoms with Crippen LogP contribution in [-0.2, 0) is 17.7 Å². The number of nitrogens with zero attached hydrogens (tertiary/aromatic N) is 4. The Morgan fingerprint density at radius 3 is 3.07 bits per heavy atom. The van der Waals surface area contributed by atoms with Crippen molar-refractivity contribution in [2.45, 2.75) is 65.1 Å². The highest BCUT2D eigenvalue weighted by molar-refractivity contribution is 5.75. The van der Waals surface area contributed by atoms with Gasteiger partial charge < -0.3 is 19.5 Å². The summed E-state index contributed by atoms with van der Waals surface area (Å²) in [5, 5.41) is 7.24. The van der Waals surface area contributed by atoms with E-state index in [-0.39, 0.29) is 18.2 Å². The number of carbonyl (C=O) groups excluding carboxylic acids is 1. The molecule has 0 saturated carbocycles. The van der Waals surface area contributed by atoms with E-state index in [4.69, 9.17) is 9.26 Å². The quantitative estimate of drug-likeness (QED) is 0.869. The lowest BCUT2D eigenvalue weighted by Crippen LogP contribution is -2.45. The van der Waals surface area contributed by atoms with E-state index < -0.39 is 0 Å². The fourth-order valence-electron chi connectivity index (χ4n) is 3.76. The van der Waals surface area contributed by atoms with Crippen LogP contribution in [0, 0.1) is 6.92 Å². The summed E-state index contributed by atoms with van der Waals surface area (Å²) in [6.07, 6.45) is 5.33. The molecule has 0 radical (unpaired) electrons. The Morgan fingerprint density at radius 2 is 2.32 bits per heavy atom. The summed E-state index contributed by atoms with van der Waals surface area (Å²) < 4.78 is 11.1. The third kappa shape index (κ3) is 3.61. The second-order valence-electron chi connectivity index (χ2n) is 7.61. The monoisotopic (exact) mass is 385 g/mol. The van der Waals surface area contributed by atoms with Crippen LogP contribution in [0.4, 0.5) is 4.79 Å². The van der Waals surface area contributed by atoms with Gasteiger partial charge in [0, 0.05) is 43.2 Å². The van der Waals surface area contributed by atoms with Crippen LogP contribution in [0.15, 0.2) is 10.7 Å². The Balaban J connectivity index is 1.58. The van der Waals surface area contributed by atoms with Crippen LogP contribution in [-0.4, -0.2) is 45.2 Å². The van der Waals surface area contributed by atoms with Gasteiger partial charge in [0.1, 0.15) is 6.10 Å². The van der Waals surface area contributed by atoms with Gasteiger partial charge in [-0.05, 0) is 50.7 Å². The zero-order valence-electron chi connectivity index (χ0n) is 16.7. The zero-order chi connectivity index (χ0) is 19.7. The highest BCUT2D eigenvalue weighted by atomic mass is 16.5. The van der Waals surface area contributed by atoms with Gasteiger partial charge in [0.2, 0.25) is 5.82 Å². The maximum absolute atomic E-state index is 12.5. The van der Waals surface area contributed by atoms with Crippen LogP contribution in [0.25, 0.3) is 11.4 Å². The Hall–Kier alpha value is -2.48. The van der Waals surface area contributed by atoms with Gasteiger partial charge in [0.25, 0.3) is 5.89 Å². The first-order valence-electron chi connectivity index (χ1n) is 10.0. The predicted molar refractivity (Wildman–Crippen MR) is 103 cm³/mol. The number of rotatable bonds is 4. The molecule has 2 aliphatic rings. The number of carbonyl (C=O) groups is 1. The Morgan fingerprint density at radius 1 is 1.46 bits per heavy atom. The van der Waals surface area contributed by atoms with E-state index in [1.807, 2.05) is 24.9 Å². The lowest BCUT2D eigenvalue weighted by Gasteiger charge is -2.31. The van der Waals surface area contributed by atoms with Crippen LogP contribution in [0.2, 0.25) is 0 Å². The van der Waals surface area contributed by atoms with Crippen molar-refractivity contribution >= 4 is 6.03 Å². The summed E-state index contributed by atoms with van der Waals surface area (Å²) in [5.41, 5.74) is 3.98. The molecule has 0 spiro atoms. The van der Waals surface area contributed by atoms with Crippen LogP contribution in [0.3, 0.4) is 0 Å². The van der Waals surface area contributed by atoms with E-state index in [9.17, 15) is 4.79 Å². The Kier molecular flexibility index (Phi) is 5.30.